The molecule has 0 saturated carbocycles. The number of carboxylic acid groups (broad SMARTS) is 1. The number of nitrogens with two attached hydrogens (primary N) is 1. The molecule has 2 aromatic heterocycles. The molecule has 10 heteroatoms. The van der Waals surface area contributed by atoms with Crippen molar-refractivity contribution >= 4 is 16.9 Å². The molecule has 34 heavy (non-hydrogen) atoms. The average molecular weight is 474 g/mol. The molecule has 0 bridgehead atoms. The predicted octanol–water partition coefficient (Wildman–Crippen LogP) is 5.32. The van der Waals surface area contributed by atoms with Crippen LogP contribution in [0.15, 0.2) is 59.1 Å². The van der Waals surface area contributed by atoms with Crippen LogP contribution in [0.25, 0.3) is 22.1 Å². The summed E-state index contributed by atoms with van der Waals surface area (Å²) in [5.74, 6) is -2.71. The first kappa shape index (κ1) is 23.2. The van der Waals surface area contributed by atoms with Crippen molar-refractivity contribution < 1.29 is 36.6 Å². The minimum atomic E-state index is -4.73. The summed E-state index contributed by atoms with van der Waals surface area (Å²) in [6.07, 6.45) is -3.69. The van der Waals surface area contributed by atoms with Crippen molar-refractivity contribution in [2.75, 3.05) is 0 Å². The van der Waals surface area contributed by atoms with Crippen molar-refractivity contribution in [3.05, 3.63) is 83.1 Å². The van der Waals surface area contributed by atoms with Gasteiger partial charge in [0, 0.05) is 34.8 Å². The van der Waals surface area contributed by atoms with Crippen LogP contribution >= 0.6 is 0 Å². The normalized spacial score (nSPS) is 11.7. The number of carboxylic acids is 1. The van der Waals surface area contributed by atoms with E-state index in [2.05, 4.69) is 4.98 Å². The van der Waals surface area contributed by atoms with E-state index in [4.69, 9.17) is 20.0 Å². The third-order valence-electron chi connectivity index (χ3n) is 5.11. The Morgan fingerprint density at radius 2 is 1.88 bits per heavy atom. The molecular weight excluding hydrogens is 456 g/mol. The Bertz CT molecular complexity index is 1370. The van der Waals surface area contributed by atoms with Crippen molar-refractivity contribution in [1.82, 2.24) is 4.98 Å². The Kier molecular flexibility index (Phi) is 6.25. The number of benzene rings is 2. The molecular formula is C24H18F4N2O4. The monoisotopic (exact) mass is 474 g/mol. The van der Waals surface area contributed by atoms with E-state index in [9.17, 15) is 22.4 Å². The lowest BCUT2D eigenvalue weighted by molar-refractivity contribution is -0.152. The van der Waals surface area contributed by atoms with Gasteiger partial charge in [0.2, 0.25) is 5.76 Å². The first-order valence-electron chi connectivity index (χ1n) is 10.1. The number of halogens is 4. The summed E-state index contributed by atoms with van der Waals surface area (Å²) in [5, 5.41) is 9.19. The van der Waals surface area contributed by atoms with Gasteiger partial charge < -0.3 is 20.0 Å². The van der Waals surface area contributed by atoms with Gasteiger partial charge in [0.25, 0.3) is 0 Å². The SMILES string of the molecule is NCc1nccc(-c2cc(COc3ccccc3CC(=O)O)cc3cc(C(F)(F)F)oc23)c1F. The third kappa shape index (κ3) is 4.72. The van der Waals surface area contributed by atoms with Crippen LogP contribution < -0.4 is 10.5 Å². The molecule has 0 aliphatic rings. The van der Waals surface area contributed by atoms with E-state index in [0.717, 1.165) is 6.07 Å². The van der Waals surface area contributed by atoms with Gasteiger partial charge in [-0.2, -0.15) is 13.2 Å². The van der Waals surface area contributed by atoms with Crippen LogP contribution in [0.4, 0.5) is 17.6 Å². The van der Waals surface area contributed by atoms with Crippen LogP contribution in [0.3, 0.4) is 0 Å². The second-order valence-electron chi connectivity index (χ2n) is 7.46. The number of furan rings is 1. The molecule has 0 amide bonds. The largest absolute Gasteiger partial charge is 0.489 e. The van der Waals surface area contributed by atoms with E-state index in [-0.39, 0.29) is 47.4 Å². The van der Waals surface area contributed by atoms with E-state index in [1.165, 1.54) is 24.4 Å². The Balaban J connectivity index is 1.80. The quantitative estimate of drug-likeness (QED) is 0.352. The molecule has 4 aromatic rings. The van der Waals surface area contributed by atoms with E-state index in [1.54, 1.807) is 24.3 Å². The Morgan fingerprint density at radius 3 is 2.59 bits per heavy atom. The highest BCUT2D eigenvalue weighted by molar-refractivity contribution is 5.94. The molecule has 6 nitrogen and oxygen atoms in total. The van der Waals surface area contributed by atoms with Crippen molar-refractivity contribution in [2.45, 2.75) is 25.7 Å². The van der Waals surface area contributed by atoms with Crippen molar-refractivity contribution in [2.24, 2.45) is 5.73 Å². The van der Waals surface area contributed by atoms with Crippen LogP contribution in [0.1, 0.15) is 22.6 Å². The third-order valence-corrected chi connectivity index (χ3v) is 5.11. The molecule has 0 saturated heterocycles. The van der Waals surface area contributed by atoms with Gasteiger partial charge >= 0.3 is 12.1 Å². The van der Waals surface area contributed by atoms with Gasteiger partial charge in [-0.15, -0.1) is 0 Å². The first-order valence-corrected chi connectivity index (χ1v) is 10.1. The molecule has 0 aliphatic heterocycles. The van der Waals surface area contributed by atoms with E-state index in [1.807, 2.05) is 0 Å². The maximum absolute atomic E-state index is 15.0. The number of ether oxygens (including phenoxy) is 1. The molecule has 0 spiro atoms. The maximum atomic E-state index is 15.0. The summed E-state index contributed by atoms with van der Waals surface area (Å²) in [4.78, 5) is 15.0. The highest BCUT2D eigenvalue weighted by Gasteiger charge is 2.35. The number of aromatic nitrogens is 1. The fourth-order valence-corrected chi connectivity index (χ4v) is 3.59. The molecule has 2 heterocycles. The van der Waals surface area contributed by atoms with Crippen LogP contribution in [-0.2, 0) is 30.5 Å². The topological polar surface area (TPSA) is 98.6 Å². The standard InChI is InChI=1S/C24H18F4N2O4/c25-22-16(5-6-30-18(22)11-29)17-8-13(7-15-9-20(24(26,27)28)34-23(15)17)12-33-19-4-2-1-3-14(19)10-21(31)32/h1-9H,10-12,29H2,(H,31,32). The van der Waals surface area contributed by atoms with Crippen molar-refractivity contribution in [1.29, 1.82) is 0 Å². The van der Waals surface area contributed by atoms with Crippen LogP contribution in [0.5, 0.6) is 5.75 Å². The molecule has 0 unspecified atom stereocenters. The van der Waals surface area contributed by atoms with E-state index < -0.39 is 23.7 Å². The number of alkyl halides is 3. The van der Waals surface area contributed by atoms with Gasteiger partial charge in [-0.1, -0.05) is 18.2 Å². The minimum absolute atomic E-state index is 0.0170. The van der Waals surface area contributed by atoms with Gasteiger partial charge in [0.15, 0.2) is 5.82 Å². The van der Waals surface area contributed by atoms with Crippen LogP contribution in [0, 0.1) is 5.82 Å². The zero-order chi connectivity index (χ0) is 24.5. The number of hydrogen-bond donors (Lipinski definition) is 2. The van der Waals surface area contributed by atoms with Gasteiger partial charge in [-0.05, 0) is 35.9 Å². The number of rotatable bonds is 7. The summed E-state index contributed by atoms with van der Waals surface area (Å²) in [6, 6.07) is 11.6. The predicted molar refractivity (Wildman–Crippen MR) is 114 cm³/mol. The fourth-order valence-electron chi connectivity index (χ4n) is 3.59. The van der Waals surface area contributed by atoms with Gasteiger partial charge in [-0.25, -0.2) is 4.39 Å². The van der Waals surface area contributed by atoms with E-state index >= 15 is 0 Å². The van der Waals surface area contributed by atoms with Crippen LogP contribution in [0.2, 0.25) is 0 Å². The molecule has 4 rings (SSSR count). The number of fused-ring (bicyclic) bond motifs is 1. The number of aliphatic carboxylic acids is 1. The van der Waals surface area contributed by atoms with Crippen molar-refractivity contribution in [3.8, 4) is 16.9 Å². The summed E-state index contributed by atoms with van der Waals surface area (Å²) in [7, 11) is 0. The van der Waals surface area contributed by atoms with Gasteiger partial charge in [0.1, 0.15) is 17.9 Å². The summed E-state index contributed by atoms with van der Waals surface area (Å²) < 4.78 is 65.8. The molecule has 0 radical (unpaired) electrons. The molecule has 2 aromatic carbocycles. The first-order chi connectivity index (χ1) is 16.2. The van der Waals surface area contributed by atoms with Crippen LogP contribution in [-0.4, -0.2) is 16.1 Å². The number of nitrogens with zero attached hydrogens (tertiary/aromatic N) is 1. The Hall–Kier alpha value is -3.92. The minimum Gasteiger partial charge on any atom is -0.489 e. The highest BCUT2D eigenvalue weighted by atomic mass is 19.4. The highest BCUT2D eigenvalue weighted by Crippen LogP contribution is 2.39. The smallest absolute Gasteiger partial charge is 0.449 e. The lowest BCUT2D eigenvalue weighted by Gasteiger charge is -2.13. The van der Waals surface area contributed by atoms with Gasteiger partial charge in [0.05, 0.1) is 12.1 Å². The lowest BCUT2D eigenvalue weighted by atomic mass is 10.00. The lowest BCUT2D eigenvalue weighted by Crippen LogP contribution is -2.05. The summed E-state index contributed by atoms with van der Waals surface area (Å²) in [5.41, 5.74) is 6.27. The molecule has 0 atom stereocenters. The Morgan fingerprint density at radius 1 is 1.12 bits per heavy atom. The molecule has 0 fully saturated rings. The summed E-state index contributed by atoms with van der Waals surface area (Å²) in [6.45, 7) is -0.305. The average Bonchev–Trinajstić information content (AvgIpc) is 3.23. The number of carbonyl (C=O) groups is 1. The maximum Gasteiger partial charge on any atom is 0.449 e. The van der Waals surface area contributed by atoms with Gasteiger partial charge in [-0.3, -0.25) is 9.78 Å². The second kappa shape index (κ2) is 9.14. The summed E-state index contributed by atoms with van der Waals surface area (Å²) >= 11 is 0. The fraction of sp³-hybridized carbons (Fsp3) is 0.167. The van der Waals surface area contributed by atoms with Crippen molar-refractivity contribution in [3.63, 3.8) is 0 Å². The number of hydrogen-bond acceptors (Lipinski definition) is 5. The molecule has 176 valence electrons. The number of pyridine rings is 1. The van der Waals surface area contributed by atoms with E-state index in [0.29, 0.717) is 16.9 Å². The number of para-hydroxylation sites is 1. The molecule has 3 N–H and O–H groups in total. The second-order valence-corrected chi connectivity index (χ2v) is 7.46. The Labute approximate surface area is 190 Å². The zero-order valence-electron chi connectivity index (χ0n) is 17.5. The molecule has 0 aliphatic carbocycles. The zero-order valence-corrected chi connectivity index (χ0v) is 17.5.